The molecule has 1 aromatic heterocycles. The number of fused-ring (bicyclic) bond motifs is 2. The Kier molecular flexibility index (Phi) is 4.59. The van der Waals surface area contributed by atoms with Gasteiger partial charge in [0.25, 0.3) is 0 Å². The predicted molar refractivity (Wildman–Crippen MR) is 109 cm³/mol. The summed E-state index contributed by atoms with van der Waals surface area (Å²) in [6.07, 6.45) is 4.45. The van der Waals surface area contributed by atoms with Gasteiger partial charge in [0.15, 0.2) is 0 Å². The van der Waals surface area contributed by atoms with E-state index in [2.05, 4.69) is 35.6 Å². The lowest BCUT2D eigenvalue weighted by Gasteiger charge is -2.39. The molecule has 2 bridgehead atoms. The summed E-state index contributed by atoms with van der Waals surface area (Å²) in [5, 5.41) is 12.0. The molecular weight excluding hydrogens is 372 g/mol. The molecule has 1 aliphatic carbocycles. The zero-order valence-electron chi connectivity index (χ0n) is 17.2. The maximum absolute atomic E-state index is 12.0. The highest BCUT2D eigenvalue weighted by molar-refractivity contribution is 5.64. The van der Waals surface area contributed by atoms with Gasteiger partial charge < -0.3 is 14.4 Å². The second-order valence-electron chi connectivity index (χ2n) is 9.23. The maximum atomic E-state index is 12.0. The average molecular weight is 398 g/mol. The molecule has 0 amide bonds. The predicted octanol–water partition coefficient (Wildman–Crippen LogP) is 4.59. The summed E-state index contributed by atoms with van der Waals surface area (Å²) in [4.78, 5) is 22.0. The number of aromatic nitrogens is 2. The van der Waals surface area contributed by atoms with Crippen LogP contribution in [0, 0.1) is 20.9 Å². The van der Waals surface area contributed by atoms with Gasteiger partial charge in [-0.05, 0) is 54.4 Å². The molecule has 1 saturated carbocycles. The topological polar surface area (TPSA) is 90.6 Å². The first kappa shape index (κ1) is 19.4. The van der Waals surface area contributed by atoms with E-state index in [0.717, 1.165) is 25.8 Å². The highest BCUT2D eigenvalue weighted by atomic mass is 16.6. The third-order valence-electron chi connectivity index (χ3n) is 5.91. The van der Waals surface area contributed by atoms with Crippen molar-refractivity contribution in [1.82, 2.24) is 9.97 Å². The monoisotopic (exact) mass is 398 g/mol. The summed E-state index contributed by atoms with van der Waals surface area (Å²) < 4.78 is 10.9. The molecule has 1 saturated heterocycles. The van der Waals surface area contributed by atoms with E-state index in [1.807, 2.05) is 0 Å². The van der Waals surface area contributed by atoms with Crippen molar-refractivity contribution in [2.45, 2.75) is 46.1 Å². The summed E-state index contributed by atoms with van der Waals surface area (Å²) in [6.45, 7) is 7.56. The lowest BCUT2D eigenvalue weighted by Crippen LogP contribution is -2.35. The Morgan fingerprint density at radius 3 is 2.48 bits per heavy atom. The molecule has 29 heavy (non-hydrogen) atoms. The van der Waals surface area contributed by atoms with Crippen LogP contribution >= 0.6 is 0 Å². The van der Waals surface area contributed by atoms with Crippen LogP contribution in [0.2, 0.25) is 0 Å². The number of nitrogens with zero attached hydrogens (tertiary/aromatic N) is 4. The first-order chi connectivity index (χ1) is 13.7. The number of ether oxygens (including phenoxy) is 2. The first-order valence-corrected chi connectivity index (χ1v) is 9.78. The van der Waals surface area contributed by atoms with Crippen molar-refractivity contribution in [2.75, 3.05) is 18.6 Å². The van der Waals surface area contributed by atoms with Gasteiger partial charge in [-0.2, -0.15) is 4.98 Å². The van der Waals surface area contributed by atoms with Crippen LogP contribution in [-0.2, 0) is 0 Å². The number of methoxy groups -OCH3 is 1. The highest BCUT2D eigenvalue weighted by Crippen LogP contribution is 2.54. The molecule has 1 aromatic carbocycles. The molecule has 1 aliphatic heterocycles. The zero-order chi connectivity index (χ0) is 20.8. The van der Waals surface area contributed by atoms with E-state index in [9.17, 15) is 10.1 Å². The van der Waals surface area contributed by atoms with Crippen LogP contribution in [0.15, 0.2) is 30.6 Å². The minimum absolute atomic E-state index is 0.0453. The van der Waals surface area contributed by atoms with Crippen molar-refractivity contribution in [1.29, 1.82) is 0 Å². The van der Waals surface area contributed by atoms with E-state index in [1.165, 1.54) is 6.33 Å². The molecule has 0 radical (unpaired) electrons. The lowest BCUT2D eigenvalue weighted by atomic mass is 9.65. The molecule has 4 rings (SSSR count). The fourth-order valence-corrected chi connectivity index (χ4v) is 5.26. The van der Waals surface area contributed by atoms with Crippen LogP contribution in [0.3, 0.4) is 0 Å². The SMILES string of the molecule is COc1ccc(Oc2ncnc(N3CC4(C)CC3CC(C)(C)C4)c2[N+](=O)[O-])cc1. The number of hydrogen-bond acceptors (Lipinski definition) is 7. The van der Waals surface area contributed by atoms with Gasteiger partial charge in [-0.25, -0.2) is 4.98 Å². The van der Waals surface area contributed by atoms with Gasteiger partial charge >= 0.3 is 11.6 Å². The molecule has 2 atom stereocenters. The maximum Gasteiger partial charge on any atom is 0.373 e. The number of anilines is 1. The molecule has 8 heteroatoms. The minimum atomic E-state index is -0.441. The van der Waals surface area contributed by atoms with E-state index in [1.54, 1.807) is 31.4 Å². The van der Waals surface area contributed by atoms with Gasteiger partial charge in [-0.1, -0.05) is 20.8 Å². The zero-order valence-corrected chi connectivity index (χ0v) is 17.2. The third kappa shape index (κ3) is 3.71. The standard InChI is InChI=1S/C21H26N4O4/c1-20(2)9-14-10-21(3,11-20)12-24(14)18-17(25(26)27)19(23-13-22-18)29-16-7-5-15(28-4)6-8-16/h5-8,13-14H,9-12H2,1-4H3. The molecule has 2 fully saturated rings. The molecule has 2 heterocycles. The van der Waals surface area contributed by atoms with E-state index in [0.29, 0.717) is 17.3 Å². The van der Waals surface area contributed by atoms with Gasteiger partial charge in [0.05, 0.1) is 12.0 Å². The van der Waals surface area contributed by atoms with E-state index < -0.39 is 4.92 Å². The largest absolute Gasteiger partial charge is 0.497 e. The number of hydrogen-bond donors (Lipinski definition) is 0. The average Bonchev–Trinajstić information content (AvgIpc) is 2.90. The Bertz CT molecular complexity index is 931. The van der Waals surface area contributed by atoms with Crippen LogP contribution in [0.25, 0.3) is 0 Å². The van der Waals surface area contributed by atoms with Crippen molar-refractivity contribution in [3.8, 4) is 17.4 Å². The van der Waals surface area contributed by atoms with Crippen LogP contribution in [-0.4, -0.2) is 34.6 Å². The van der Waals surface area contributed by atoms with Crippen LogP contribution in [0.1, 0.15) is 40.0 Å². The van der Waals surface area contributed by atoms with Crippen molar-refractivity contribution in [3.05, 3.63) is 40.7 Å². The fraction of sp³-hybridized carbons (Fsp3) is 0.524. The quantitative estimate of drug-likeness (QED) is 0.537. The van der Waals surface area contributed by atoms with Crippen molar-refractivity contribution >= 4 is 11.5 Å². The van der Waals surface area contributed by atoms with Gasteiger partial charge in [0.2, 0.25) is 5.82 Å². The Labute approximate surface area is 170 Å². The van der Waals surface area contributed by atoms with Gasteiger partial charge in [-0.3, -0.25) is 10.1 Å². The van der Waals surface area contributed by atoms with Crippen LogP contribution in [0.5, 0.6) is 17.4 Å². The van der Waals surface area contributed by atoms with Gasteiger partial charge in [0, 0.05) is 12.6 Å². The Morgan fingerprint density at radius 1 is 1.14 bits per heavy atom. The molecule has 2 unspecified atom stereocenters. The fourth-order valence-electron chi connectivity index (χ4n) is 5.26. The highest BCUT2D eigenvalue weighted by Gasteiger charge is 2.51. The molecule has 0 N–H and O–H groups in total. The number of nitro groups is 1. The van der Waals surface area contributed by atoms with E-state index >= 15 is 0 Å². The van der Waals surface area contributed by atoms with Crippen molar-refractivity contribution < 1.29 is 14.4 Å². The smallest absolute Gasteiger partial charge is 0.373 e. The molecule has 154 valence electrons. The lowest BCUT2D eigenvalue weighted by molar-refractivity contribution is -0.385. The van der Waals surface area contributed by atoms with Gasteiger partial charge in [0.1, 0.15) is 17.8 Å². The first-order valence-electron chi connectivity index (χ1n) is 9.78. The summed E-state index contributed by atoms with van der Waals surface area (Å²) in [5.41, 5.74) is 0.149. The minimum Gasteiger partial charge on any atom is -0.497 e. The second-order valence-corrected chi connectivity index (χ2v) is 9.23. The third-order valence-corrected chi connectivity index (χ3v) is 5.91. The summed E-state index contributed by atoms with van der Waals surface area (Å²) >= 11 is 0. The molecular formula is C21H26N4O4. The van der Waals surface area contributed by atoms with Crippen molar-refractivity contribution in [2.24, 2.45) is 10.8 Å². The van der Waals surface area contributed by atoms with Crippen LogP contribution < -0.4 is 14.4 Å². The Balaban J connectivity index is 1.70. The van der Waals surface area contributed by atoms with E-state index in [4.69, 9.17) is 9.47 Å². The Morgan fingerprint density at radius 2 is 1.83 bits per heavy atom. The van der Waals surface area contributed by atoms with Crippen LogP contribution in [0.4, 0.5) is 11.5 Å². The number of benzene rings is 1. The molecule has 8 nitrogen and oxygen atoms in total. The molecule has 2 aliphatic rings. The summed E-state index contributed by atoms with van der Waals surface area (Å²) in [6, 6.07) is 7.07. The van der Waals surface area contributed by atoms with Crippen molar-refractivity contribution in [3.63, 3.8) is 0 Å². The molecule has 0 spiro atoms. The van der Waals surface area contributed by atoms with Gasteiger partial charge in [-0.15, -0.1) is 0 Å². The number of rotatable bonds is 5. The Hall–Kier alpha value is -2.90. The molecule has 2 aromatic rings. The summed E-state index contributed by atoms with van der Waals surface area (Å²) in [5.74, 6) is 1.43. The normalized spacial score (nSPS) is 25.0. The summed E-state index contributed by atoms with van der Waals surface area (Å²) in [7, 11) is 1.57. The second kappa shape index (κ2) is 6.86. The van der Waals surface area contributed by atoms with E-state index in [-0.39, 0.29) is 28.4 Å².